The smallest absolute Gasteiger partial charge is 0.328 e. The number of hydrogen-bond donors (Lipinski definition) is 6. The number of nitrogens with one attached hydrogen (secondary N) is 1. The van der Waals surface area contributed by atoms with Gasteiger partial charge in [0.25, 0.3) is 0 Å². The number of methoxy groups -OCH3 is 1. The first-order chi connectivity index (χ1) is 21.2. The number of carbonyl (C=O) groups excluding carboxylic acids is 4. The Hall–Kier alpha value is -4.63. The lowest BCUT2D eigenvalue weighted by molar-refractivity contribution is -0.249. The highest BCUT2D eigenvalue weighted by atomic mass is 16.7. The molecule has 0 radical (unpaired) electrons. The van der Waals surface area contributed by atoms with Crippen LogP contribution in [-0.2, 0) is 30.3 Å². The van der Waals surface area contributed by atoms with Gasteiger partial charge in [-0.05, 0) is 19.9 Å². The summed E-state index contributed by atoms with van der Waals surface area (Å²) in [6.45, 7) is 2.61. The van der Waals surface area contributed by atoms with Crippen LogP contribution in [0.3, 0.4) is 0 Å². The maximum absolute atomic E-state index is 13.8. The van der Waals surface area contributed by atoms with Gasteiger partial charge in [-0.2, -0.15) is 0 Å². The van der Waals surface area contributed by atoms with E-state index in [2.05, 4.69) is 5.32 Å². The first-order valence-electron chi connectivity index (χ1n) is 14.0. The topological polar surface area (TPSA) is 226 Å². The van der Waals surface area contributed by atoms with E-state index in [0.29, 0.717) is 6.08 Å². The fourth-order valence-electron chi connectivity index (χ4n) is 6.15. The van der Waals surface area contributed by atoms with Crippen molar-refractivity contribution in [3.63, 3.8) is 0 Å². The molecule has 1 fully saturated rings. The Labute approximate surface area is 255 Å². The minimum atomic E-state index is -2.12. The molecule has 1 amide bonds. The van der Waals surface area contributed by atoms with Crippen molar-refractivity contribution in [1.82, 2.24) is 5.32 Å². The van der Waals surface area contributed by atoms with E-state index in [1.165, 1.54) is 32.2 Å². The lowest BCUT2D eigenvalue weighted by Crippen LogP contribution is -2.55. The van der Waals surface area contributed by atoms with Gasteiger partial charge in [-0.25, -0.2) is 4.79 Å². The Balaban J connectivity index is 1.57. The normalized spacial score (nSPS) is 27.4. The molecule has 1 saturated heterocycles. The molecule has 14 heteroatoms. The first kappa shape index (κ1) is 31.8. The minimum Gasteiger partial charge on any atom is -0.507 e. The van der Waals surface area contributed by atoms with Crippen LogP contribution in [0.1, 0.15) is 75.8 Å². The SMILES string of the molecule is COc1cccc2c1C(=O)c1c(O)c3c(c(O)c1C2=O)CC(O)(C(C)=O)CC3OC1CC(NC(=O)/C=C/C(=O)O)C(O)C(C)O1. The van der Waals surface area contributed by atoms with Crippen molar-refractivity contribution < 1.29 is 63.7 Å². The molecular formula is C31H31NO13. The molecule has 6 N–H and O–H groups in total. The Morgan fingerprint density at radius 2 is 1.76 bits per heavy atom. The molecule has 1 aliphatic heterocycles. The van der Waals surface area contributed by atoms with Gasteiger partial charge in [0.05, 0.1) is 42.0 Å². The number of ether oxygens (including phenoxy) is 3. The van der Waals surface area contributed by atoms with Crippen LogP contribution >= 0.6 is 0 Å². The van der Waals surface area contributed by atoms with E-state index >= 15 is 0 Å². The van der Waals surface area contributed by atoms with Gasteiger partial charge in [0.2, 0.25) is 11.7 Å². The maximum Gasteiger partial charge on any atom is 0.328 e. The van der Waals surface area contributed by atoms with Crippen molar-refractivity contribution in [2.24, 2.45) is 0 Å². The van der Waals surface area contributed by atoms with Crippen LogP contribution < -0.4 is 10.1 Å². The second kappa shape index (κ2) is 11.7. The zero-order valence-corrected chi connectivity index (χ0v) is 24.4. The number of amides is 1. The van der Waals surface area contributed by atoms with Crippen LogP contribution in [0.2, 0.25) is 0 Å². The number of carboxylic acid groups (broad SMARTS) is 1. The summed E-state index contributed by atoms with van der Waals surface area (Å²) < 4.78 is 17.2. The number of phenols is 2. The molecule has 2 aromatic rings. The molecule has 238 valence electrons. The monoisotopic (exact) mass is 625 g/mol. The number of phenolic OH excluding ortho intramolecular Hbond substituents is 2. The van der Waals surface area contributed by atoms with Gasteiger partial charge < -0.3 is 45.1 Å². The fraction of sp³-hybridized carbons (Fsp3) is 0.387. The summed E-state index contributed by atoms with van der Waals surface area (Å²) in [4.78, 5) is 63.0. The summed E-state index contributed by atoms with van der Waals surface area (Å²) in [5, 5.41) is 56.3. The summed E-state index contributed by atoms with van der Waals surface area (Å²) in [5.41, 5.74) is -3.63. The van der Waals surface area contributed by atoms with E-state index in [4.69, 9.17) is 19.3 Å². The third-order valence-corrected chi connectivity index (χ3v) is 8.46. The van der Waals surface area contributed by atoms with Gasteiger partial charge in [0, 0.05) is 48.1 Å². The molecule has 2 aliphatic carbocycles. The van der Waals surface area contributed by atoms with Crippen molar-refractivity contribution in [3.8, 4) is 17.2 Å². The number of ketones is 3. The number of Topliss-reactive ketones (excluding diaryl/α,β-unsaturated/α-hetero) is 1. The number of aromatic hydroxyl groups is 2. The van der Waals surface area contributed by atoms with Crippen molar-refractivity contribution in [2.75, 3.05) is 7.11 Å². The number of carbonyl (C=O) groups is 5. The molecule has 6 unspecified atom stereocenters. The van der Waals surface area contributed by atoms with Gasteiger partial charge in [0.1, 0.15) is 29.0 Å². The first-order valence-corrected chi connectivity index (χ1v) is 14.0. The van der Waals surface area contributed by atoms with Gasteiger partial charge >= 0.3 is 5.97 Å². The number of benzene rings is 2. The van der Waals surface area contributed by atoms with E-state index in [-0.39, 0.29) is 34.4 Å². The summed E-state index contributed by atoms with van der Waals surface area (Å²) in [6, 6.07) is 3.33. The molecule has 14 nitrogen and oxygen atoms in total. The van der Waals surface area contributed by atoms with Crippen molar-refractivity contribution >= 4 is 29.2 Å². The lowest BCUT2D eigenvalue weighted by Gasteiger charge is -2.42. The standard InChI is InChI=1S/C31H31NO13/c1-12-26(37)16(32-19(34)7-8-20(35)36)9-21(44-12)45-18-11-31(42,13(2)33)10-15-23(18)30(41)25-24(28(15)39)27(38)14-5-4-6-17(43-3)22(14)29(25)40/h4-8,12,16,18,21,26,37,39,41-42H,9-11H2,1-3H3,(H,32,34)(H,35,36)/b8-7+. The molecule has 0 spiro atoms. The van der Waals surface area contributed by atoms with Crippen molar-refractivity contribution in [3.05, 3.63) is 63.7 Å². The number of aliphatic hydroxyl groups is 2. The Kier molecular flexibility index (Phi) is 8.27. The molecule has 6 atom stereocenters. The van der Waals surface area contributed by atoms with E-state index in [0.717, 1.165) is 13.0 Å². The predicted octanol–water partition coefficient (Wildman–Crippen LogP) is 0.827. The number of carboxylic acids is 1. The number of fused-ring (bicyclic) bond motifs is 3. The number of rotatable bonds is 7. The molecule has 0 aromatic heterocycles. The molecular weight excluding hydrogens is 594 g/mol. The van der Waals surface area contributed by atoms with Crippen LogP contribution in [0.25, 0.3) is 0 Å². The maximum atomic E-state index is 13.8. The van der Waals surface area contributed by atoms with Crippen LogP contribution in [0.5, 0.6) is 17.2 Å². The molecule has 2 aromatic carbocycles. The van der Waals surface area contributed by atoms with E-state index in [9.17, 15) is 44.4 Å². The Morgan fingerprint density at radius 3 is 2.40 bits per heavy atom. The minimum absolute atomic E-state index is 0.0682. The van der Waals surface area contributed by atoms with Crippen molar-refractivity contribution in [1.29, 1.82) is 0 Å². The summed E-state index contributed by atoms with van der Waals surface area (Å²) in [5.74, 6) is -5.78. The number of aliphatic carboxylic acids is 1. The lowest BCUT2D eigenvalue weighted by atomic mass is 9.72. The van der Waals surface area contributed by atoms with Gasteiger partial charge in [-0.3, -0.25) is 19.2 Å². The zero-order chi connectivity index (χ0) is 33.0. The number of hydrogen-bond acceptors (Lipinski definition) is 12. The third-order valence-electron chi connectivity index (χ3n) is 8.46. The van der Waals surface area contributed by atoms with E-state index in [1.54, 1.807) is 0 Å². The van der Waals surface area contributed by atoms with Gasteiger partial charge in [-0.15, -0.1) is 0 Å². The van der Waals surface area contributed by atoms with Gasteiger partial charge in [0.15, 0.2) is 17.9 Å². The van der Waals surface area contributed by atoms with E-state index < -0.39 is 101 Å². The molecule has 0 bridgehead atoms. The predicted molar refractivity (Wildman–Crippen MR) is 151 cm³/mol. The summed E-state index contributed by atoms with van der Waals surface area (Å²) >= 11 is 0. The fourth-order valence-corrected chi connectivity index (χ4v) is 6.15. The average Bonchev–Trinajstić information content (AvgIpc) is 2.98. The van der Waals surface area contributed by atoms with Crippen LogP contribution in [0, 0.1) is 0 Å². The summed E-state index contributed by atoms with van der Waals surface area (Å²) in [6.07, 6.45) is -4.55. The van der Waals surface area contributed by atoms with Gasteiger partial charge in [-0.1, -0.05) is 12.1 Å². The highest BCUT2D eigenvalue weighted by Crippen LogP contribution is 2.52. The second-order valence-corrected chi connectivity index (χ2v) is 11.3. The summed E-state index contributed by atoms with van der Waals surface area (Å²) in [7, 11) is 1.31. The van der Waals surface area contributed by atoms with Crippen LogP contribution in [0.15, 0.2) is 30.4 Å². The Bertz CT molecular complexity index is 1660. The Morgan fingerprint density at radius 1 is 1.07 bits per heavy atom. The van der Waals surface area contributed by atoms with Crippen molar-refractivity contribution in [2.45, 2.75) is 69.4 Å². The molecule has 3 aliphatic rings. The largest absolute Gasteiger partial charge is 0.507 e. The third kappa shape index (κ3) is 5.46. The van der Waals surface area contributed by atoms with Crippen LogP contribution in [0.4, 0.5) is 0 Å². The highest BCUT2D eigenvalue weighted by Gasteiger charge is 2.49. The molecule has 45 heavy (non-hydrogen) atoms. The van der Waals surface area contributed by atoms with Crippen LogP contribution in [-0.4, -0.2) is 92.0 Å². The highest BCUT2D eigenvalue weighted by molar-refractivity contribution is 6.31. The second-order valence-electron chi connectivity index (χ2n) is 11.3. The quantitative estimate of drug-likeness (QED) is 0.158. The number of aliphatic hydroxyl groups excluding tert-OH is 1. The van der Waals surface area contributed by atoms with E-state index in [1.807, 2.05) is 0 Å². The average molecular weight is 626 g/mol. The molecule has 5 rings (SSSR count). The molecule has 0 saturated carbocycles. The molecule has 1 heterocycles. The zero-order valence-electron chi connectivity index (χ0n) is 24.4.